The highest BCUT2D eigenvalue weighted by Crippen LogP contribution is 2.32. The third-order valence-corrected chi connectivity index (χ3v) is 4.86. The minimum atomic E-state index is -0.442. The van der Waals surface area contributed by atoms with Crippen LogP contribution in [0.25, 0.3) is 0 Å². The molecule has 0 spiro atoms. The van der Waals surface area contributed by atoms with Gasteiger partial charge >= 0.3 is 5.97 Å². The molecule has 0 atom stereocenters. The lowest BCUT2D eigenvalue weighted by Gasteiger charge is -2.20. The molecule has 2 aromatic carbocycles. The molecule has 0 bridgehead atoms. The van der Waals surface area contributed by atoms with E-state index in [9.17, 15) is 9.59 Å². The summed E-state index contributed by atoms with van der Waals surface area (Å²) in [5.41, 5.74) is 2.21. The fourth-order valence-corrected chi connectivity index (χ4v) is 3.39. The maximum absolute atomic E-state index is 13.2. The van der Waals surface area contributed by atoms with Crippen molar-refractivity contribution >= 4 is 5.97 Å². The summed E-state index contributed by atoms with van der Waals surface area (Å²) in [6.45, 7) is 1.88. The monoisotopic (exact) mass is 407 g/mol. The molecular weight excluding hydrogens is 382 g/mol. The standard InChI is InChI=1S/C24H25NO5/c1-4-30-22(26)16-25-15-5-6-21(24(25)27)23(17-7-11-19(28-2)12-8-17)18-9-13-20(29-3)14-10-18/h5-15,23H,4,16H2,1-3H3. The van der Waals surface area contributed by atoms with Crippen molar-refractivity contribution in [3.8, 4) is 11.5 Å². The molecular formula is C24H25NO5. The second kappa shape index (κ2) is 9.78. The summed E-state index contributed by atoms with van der Waals surface area (Å²) >= 11 is 0. The van der Waals surface area contributed by atoms with Crippen molar-refractivity contribution in [2.24, 2.45) is 0 Å². The van der Waals surface area contributed by atoms with Gasteiger partial charge in [0.25, 0.3) is 5.56 Å². The molecule has 0 radical (unpaired) electrons. The third kappa shape index (κ3) is 4.71. The van der Waals surface area contributed by atoms with E-state index in [-0.39, 0.29) is 24.6 Å². The van der Waals surface area contributed by atoms with Crippen LogP contribution in [0.4, 0.5) is 0 Å². The van der Waals surface area contributed by atoms with Crippen molar-refractivity contribution in [3.63, 3.8) is 0 Å². The molecule has 3 rings (SSSR count). The number of pyridine rings is 1. The van der Waals surface area contributed by atoms with Gasteiger partial charge in [0.05, 0.1) is 20.8 Å². The number of methoxy groups -OCH3 is 2. The van der Waals surface area contributed by atoms with Crippen LogP contribution in [0.5, 0.6) is 11.5 Å². The predicted molar refractivity (Wildman–Crippen MR) is 114 cm³/mol. The Labute approximate surface area is 175 Å². The largest absolute Gasteiger partial charge is 0.497 e. The molecule has 0 aliphatic carbocycles. The van der Waals surface area contributed by atoms with Crippen molar-refractivity contribution in [1.29, 1.82) is 0 Å². The van der Waals surface area contributed by atoms with Gasteiger partial charge in [-0.25, -0.2) is 0 Å². The van der Waals surface area contributed by atoms with Crippen LogP contribution in [0.15, 0.2) is 71.7 Å². The first-order valence-corrected chi connectivity index (χ1v) is 9.70. The Bertz CT molecular complexity index is 991. The number of hydrogen-bond acceptors (Lipinski definition) is 5. The molecule has 6 nitrogen and oxygen atoms in total. The van der Waals surface area contributed by atoms with Gasteiger partial charge in [0, 0.05) is 17.7 Å². The van der Waals surface area contributed by atoms with Gasteiger partial charge in [0.1, 0.15) is 18.0 Å². The van der Waals surface area contributed by atoms with E-state index in [1.807, 2.05) is 48.5 Å². The molecule has 0 aliphatic heterocycles. The number of ether oxygens (including phenoxy) is 3. The molecule has 0 saturated carbocycles. The molecule has 1 aromatic heterocycles. The SMILES string of the molecule is CCOC(=O)Cn1cccc(C(c2ccc(OC)cc2)c2ccc(OC)cc2)c1=O. The van der Waals surface area contributed by atoms with Gasteiger partial charge < -0.3 is 18.8 Å². The van der Waals surface area contributed by atoms with E-state index >= 15 is 0 Å². The molecule has 0 fully saturated rings. The molecule has 6 heteroatoms. The molecule has 1 heterocycles. The Morgan fingerprint density at radius 3 is 1.90 bits per heavy atom. The van der Waals surface area contributed by atoms with E-state index in [0.717, 1.165) is 22.6 Å². The first-order valence-electron chi connectivity index (χ1n) is 9.70. The summed E-state index contributed by atoms with van der Waals surface area (Å²) in [5, 5.41) is 0. The normalized spacial score (nSPS) is 10.7. The molecule has 0 unspecified atom stereocenters. The summed E-state index contributed by atoms with van der Waals surface area (Å²) < 4.78 is 16.9. The van der Waals surface area contributed by atoms with Gasteiger partial charge in [0.2, 0.25) is 0 Å². The molecule has 0 saturated heterocycles. The van der Waals surface area contributed by atoms with Crippen LogP contribution in [0.3, 0.4) is 0 Å². The van der Waals surface area contributed by atoms with Crippen molar-refractivity contribution < 1.29 is 19.0 Å². The third-order valence-electron chi connectivity index (χ3n) is 4.86. The summed E-state index contributed by atoms with van der Waals surface area (Å²) in [6, 6.07) is 18.8. The smallest absolute Gasteiger partial charge is 0.326 e. The van der Waals surface area contributed by atoms with Gasteiger partial charge in [-0.15, -0.1) is 0 Å². The van der Waals surface area contributed by atoms with Crippen LogP contribution in [0.2, 0.25) is 0 Å². The zero-order valence-electron chi connectivity index (χ0n) is 17.3. The van der Waals surface area contributed by atoms with Gasteiger partial charge in [0.15, 0.2) is 0 Å². The second-order valence-electron chi connectivity index (χ2n) is 6.68. The van der Waals surface area contributed by atoms with Crippen molar-refractivity contribution in [3.05, 3.63) is 93.9 Å². The van der Waals surface area contributed by atoms with Gasteiger partial charge in [-0.3, -0.25) is 9.59 Å². The van der Waals surface area contributed by atoms with E-state index in [1.165, 1.54) is 4.57 Å². The maximum Gasteiger partial charge on any atom is 0.326 e. The fraction of sp³-hybridized carbons (Fsp3) is 0.250. The first kappa shape index (κ1) is 21.2. The topological polar surface area (TPSA) is 66.8 Å². The summed E-state index contributed by atoms with van der Waals surface area (Å²) in [7, 11) is 3.22. The van der Waals surface area contributed by atoms with E-state index in [1.54, 1.807) is 39.5 Å². The number of nitrogens with zero attached hydrogens (tertiary/aromatic N) is 1. The van der Waals surface area contributed by atoms with Crippen molar-refractivity contribution in [2.75, 3.05) is 20.8 Å². The van der Waals surface area contributed by atoms with E-state index < -0.39 is 5.97 Å². The molecule has 0 amide bonds. The average Bonchev–Trinajstić information content (AvgIpc) is 2.77. The lowest BCUT2D eigenvalue weighted by atomic mass is 9.85. The Hall–Kier alpha value is -3.54. The van der Waals surface area contributed by atoms with Crippen molar-refractivity contribution in [2.45, 2.75) is 19.4 Å². The summed E-state index contributed by atoms with van der Waals surface area (Å²) in [5.74, 6) is 0.714. The van der Waals surface area contributed by atoms with Crippen LogP contribution in [0.1, 0.15) is 29.5 Å². The number of hydrogen-bond donors (Lipinski definition) is 0. The highest BCUT2D eigenvalue weighted by Gasteiger charge is 2.21. The van der Waals surface area contributed by atoms with Crippen LogP contribution in [-0.4, -0.2) is 31.4 Å². The van der Waals surface area contributed by atoms with E-state index in [4.69, 9.17) is 14.2 Å². The summed E-state index contributed by atoms with van der Waals surface area (Å²) in [4.78, 5) is 25.2. The Morgan fingerprint density at radius 2 is 1.43 bits per heavy atom. The number of rotatable bonds is 8. The van der Waals surface area contributed by atoms with E-state index in [0.29, 0.717) is 5.56 Å². The zero-order valence-corrected chi connectivity index (χ0v) is 17.3. The lowest BCUT2D eigenvalue weighted by Crippen LogP contribution is -2.29. The van der Waals surface area contributed by atoms with Crippen LogP contribution >= 0.6 is 0 Å². The zero-order chi connectivity index (χ0) is 21.5. The Balaban J connectivity index is 2.09. The number of aromatic nitrogens is 1. The highest BCUT2D eigenvalue weighted by atomic mass is 16.5. The molecule has 3 aromatic rings. The Kier molecular flexibility index (Phi) is 6.91. The minimum Gasteiger partial charge on any atom is -0.497 e. The van der Waals surface area contributed by atoms with Crippen LogP contribution < -0.4 is 15.0 Å². The molecule has 156 valence electrons. The molecule has 0 N–H and O–H groups in total. The van der Waals surface area contributed by atoms with E-state index in [2.05, 4.69) is 0 Å². The average molecular weight is 407 g/mol. The van der Waals surface area contributed by atoms with Gasteiger partial charge in [-0.1, -0.05) is 30.3 Å². The number of carbonyl (C=O) groups excluding carboxylic acids is 1. The summed E-state index contributed by atoms with van der Waals surface area (Å²) in [6.07, 6.45) is 1.60. The molecule has 30 heavy (non-hydrogen) atoms. The van der Waals surface area contributed by atoms with Gasteiger partial charge in [-0.05, 0) is 48.4 Å². The second-order valence-corrected chi connectivity index (χ2v) is 6.68. The maximum atomic E-state index is 13.2. The fourth-order valence-electron chi connectivity index (χ4n) is 3.39. The Morgan fingerprint density at radius 1 is 0.900 bits per heavy atom. The number of carbonyl (C=O) groups is 1. The van der Waals surface area contributed by atoms with Crippen molar-refractivity contribution in [1.82, 2.24) is 4.57 Å². The number of esters is 1. The quantitative estimate of drug-likeness (QED) is 0.534. The molecule has 0 aliphatic rings. The highest BCUT2D eigenvalue weighted by molar-refractivity contribution is 5.69. The lowest BCUT2D eigenvalue weighted by molar-refractivity contribution is -0.143. The van der Waals surface area contributed by atoms with Crippen LogP contribution in [0, 0.1) is 0 Å². The predicted octanol–water partition coefficient (Wildman–Crippen LogP) is 3.61. The van der Waals surface area contributed by atoms with Gasteiger partial charge in [-0.2, -0.15) is 0 Å². The van der Waals surface area contributed by atoms with Crippen LogP contribution in [-0.2, 0) is 16.1 Å². The minimum absolute atomic E-state index is 0.127. The first-order chi connectivity index (χ1) is 14.6. The number of benzene rings is 2.